The summed E-state index contributed by atoms with van der Waals surface area (Å²) < 4.78 is 5.52. The summed E-state index contributed by atoms with van der Waals surface area (Å²) in [4.78, 5) is 14.8. The zero-order valence-corrected chi connectivity index (χ0v) is 15.7. The number of benzene rings is 2. The molecule has 0 atom stereocenters. The van der Waals surface area contributed by atoms with E-state index in [-0.39, 0.29) is 22.5 Å². The molecular formula is C18H12ClN5O3S. The second-order valence-corrected chi connectivity index (χ2v) is 7.00. The molecule has 1 amide bonds. The molecule has 8 nitrogen and oxygen atoms in total. The molecule has 10 heteroatoms. The molecule has 2 N–H and O–H groups in total. The molecule has 0 radical (unpaired) electrons. The fourth-order valence-corrected chi connectivity index (χ4v) is 3.17. The van der Waals surface area contributed by atoms with Crippen LogP contribution in [0.5, 0.6) is 5.88 Å². The van der Waals surface area contributed by atoms with Crippen LogP contribution in [0.4, 0.5) is 5.69 Å². The van der Waals surface area contributed by atoms with Crippen molar-refractivity contribution >= 4 is 45.9 Å². The molecule has 2 heterocycles. The summed E-state index contributed by atoms with van der Waals surface area (Å²) in [5.74, 6) is -0.368. The number of nitrogens with one attached hydrogen (secondary N) is 1. The van der Waals surface area contributed by atoms with E-state index < -0.39 is 5.91 Å². The highest BCUT2D eigenvalue weighted by Gasteiger charge is 2.13. The van der Waals surface area contributed by atoms with E-state index >= 15 is 0 Å². The summed E-state index contributed by atoms with van der Waals surface area (Å²) in [7, 11) is 0. The number of carbonyl (C=O) groups is 1. The predicted molar refractivity (Wildman–Crippen MR) is 105 cm³/mol. The van der Waals surface area contributed by atoms with Crippen molar-refractivity contribution in [1.82, 2.24) is 15.2 Å². The van der Waals surface area contributed by atoms with Crippen LogP contribution in [-0.4, -0.2) is 31.9 Å². The van der Waals surface area contributed by atoms with Crippen molar-refractivity contribution < 1.29 is 14.3 Å². The normalized spacial score (nSPS) is 11.5. The van der Waals surface area contributed by atoms with Gasteiger partial charge in [-0.3, -0.25) is 4.79 Å². The number of hydrogen-bond donors (Lipinski definition) is 2. The number of nitrogens with zero attached hydrogens (tertiary/aromatic N) is 4. The molecule has 0 spiro atoms. The van der Waals surface area contributed by atoms with Gasteiger partial charge in [0.15, 0.2) is 5.69 Å². The van der Waals surface area contributed by atoms with E-state index in [0.717, 1.165) is 17.3 Å². The standard InChI is InChI=1S/C18H12ClN5O3S/c19-11-6-7-13-12(8-11)15(16(26)20-13)22-21-14(25)9-28-18-24-23-17(27-18)10-4-2-1-3-5-10/h1-8,20,26H,9H2. The SMILES string of the molecule is O=C(CSc1nnc(-c2ccccc2)o1)N=Nc1c(O)[nH]c2ccc(Cl)cc12. The van der Waals surface area contributed by atoms with Gasteiger partial charge in [0.1, 0.15) is 0 Å². The van der Waals surface area contributed by atoms with Crippen LogP contribution >= 0.6 is 23.4 Å². The Morgan fingerprint density at radius 3 is 2.86 bits per heavy atom. The Morgan fingerprint density at radius 2 is 2.04 bits per heavy atom. The number of rotatable bonds is 5. The lowest BCUT2D eigenvalue weighted by atomic mass is 10.2. The molecule has 0 saturated heterocycles. The van der Waals surface area contributed by atoms with E-state index in [1.807, 2.05) is 30.3 Å². The van der Waals surface area contributed by atoms with Crippen molar-refractivity contribution in [3.63, 3.8) is 0 Å². The third-order valence-corrected chi connectivity index (χ3v) is 4.76. The molecule has 140 valence electrons. The minimum absolute atomic E-state index is 0.0379. The number of aromatic hydroxyl groups is 1. The second kappa shape index (κ2) is 7.83. The first-order chi connectivity index (χ1) is 13.6. The summed E-state index contributed by atoms with van der Waals surface area (Å²) in [6.07, 6.45) is 0. The van der Waals surface area contributed by atoms with E-state index in [9.17, 15) is 9.90 Å². The van der Waals surface area contributed by atoms with Crippen LogP contribution in [-0.2, 0) is 4.79 Å². The monoisotopic (exact) mass is 413 g/mol. The van der Waals surface area contributed by atoms with Crippen molar-refractivity contribution in [2.75, 3.05) is 5.75 Å². The second-order valence-electron chi connectivity index (χ2n) is 5.63. The first-order valence-electron chi connectivity index (χ1n) is 8.06. The summed E-state index contributed by atoms with van der Waals surface area (Å²) in [5.41, 5.74) is 1.58. The van der Waals surface area contributed by atoms with Crippen molar-refractivity contribution in [2.45, 2.75) is 5.22 Å². The minimum Gasteiger partial charge on any atom is -0.493 e. The Hall–Kier alpha value is -3.17. The molecule has 0 saturated carbocycles. The maximum absolute atomic E-state index is 12.0. The van der Waals surface area contributed by atoms with Gasteiger partial charge in [0.2, 0.25) is 11.8 Å². The number of halogens is 1. The van der Waals surface area contributed by atoms with Gasteiger partial charge in [-0.15, -0.1) is 20.4 Å². The number of amides is 1. The van der Waals surface area contributed by atoms with Gasteiger partial charge in [-0.2, -0.15) is 0 Å². The molecule has 0 aliphatic carbocycles. The van der Waals surface area contributed by atoms with Gasteiger partial charge < -0.3 is 14.5 Å². The largest absolute Gasteiger partial charge is 0.493 e. The van der Waals surface area contributed by atoms with Gasteiger partial charge in [-0.1, -0.05) is 41.6 Å². The Bertz CT molecular complexity index is 1170. The number of thioether (sulfide) groups is 1. The van der Waals surface area contributed by atoms with E-state index in [1.165, 1.54) is 0 Å². The molecule has 0 aliphatic heterocycles. The van der Waals surface area contributed by atoms with Crippen LogP contribution in [0.2, 0.25) is 5.02 Å². The van der Waals surface area contributed by atoms with E-state index in [2.05, 4.69) is 25.4 Å². The van der Waals surface area contributed by atoms with Gasteiger partial charge >= 0.3 is 0 Å². The van der Waals surface area contributed by atoms with Crippen LogP contribution in [0.3, 0.4) is 0 Å². The van der Waals surface area contributed by atoms with E-state index in [4.69, 9.17) is 16.0 Å². The highest BCUT2D eigenvalue weighted by molar-refractivity contribution is 7.99. The zero-order chi connectivity index (χ0) is 19.5. The van der Waals surface area contributed by atoms with Crippen molar-refractivity contribution in [1.29, 1.82) is 0 Å². The summed E-state index contributed by atoms with van der Waals surface area (Å²) in [5, 5.41) is 26.6. The molecule has 4 rings (SSSR count). The maximum atomic E-state index is 12.0. The molecule has 0 fully saturated rings. The van der Waals surface area contributed by atoms with Crippen LogP contribution in [0.15, 0.2) is 68.4 Å². The van der Waals surface area contributed by atoms with Crippen LogP contribution in [0, 0.1) is 0 Å². The Morgan fingerprint density at radius 1 is 1.21 bits per heavy atom. The smallest absolute Gasteiger partial charge is 0.277 e. The maximum Gasteiger partial charge on any atom is 0.277 e. The van der Waals surface area contributed by atoms with Gasteiger partial charge in [0, 0.05) is 16.0 Å². The topological polar surface area (TPSA) is 117 Å². The summed E-state index contributed by atoms with van der Waals surface area (Å²) in [6.45, 7) is 0. The molecule has 28 heavy (non-hydrogen) atoms. The first kappa shape index (κ1) is 18.2. The Labute approximate surface area is 167 Å². The lowest BCUT2D eigenvalue weighted by Crippen LogP contribution is -1.95. The van der Waals surface area contributed by atoms with Gasteiger partial charge in [0.25, 0.3) is 11.1 Å². The number of aromatic nitrogens is 3. The molecule has 4 aromatic rings. The predicted octanol–water partition coefficient (Wildman–Crippen LogP) is 4.98. The van der Waals surface area contributed by atoms with Crippen molar-refractivity contribution in [2.24, 2.45) is 10.2 Å². The molecule has 0 unspecified atom stereocenters. The quantitative estimate of drug-likeness (QED) is 0.352. The Balaban J connectivity index is 1.42. The molecule has 2 aromatic heterocycles. The van der Waals surface area contributed by atoms with Gasteiger partial charge in [-0.05, 0) is 30.3 Å². The highest BCUT2D eigenvalue weighted by atomic mass is 35.5. The minimum atomic E-state index is -0.514. The first-order valence-corrected chi connectivity index (χ1v) is 9.43. The van der Waals surface area contributed by atoms with Crippen LogP contribution < -0.4 is 0 Å². The summed E-state index contributed by atoms with van der Waals surface area (Å²) >= 11 is 7.02. The van der Waals surface area contributed by atoms with E-state index in [1.54, 1.807) is 18.2 Å². The third-order valence-electron chi connectivity index (χ3n) is 3.72. The number of hydrogen-bond acceptors (Lipinski definition) is 7. The van der Waals surface area contributed by atoms with Crippen molar-refractivity contribution in [3.8, 4) is 17.3 Å². The fraction of sp³-hybridized carbons (Fsp3) is 0.0556. The average Bonchev–Trinajstić information content (AvgIpc) is 3.29. The van der Waals surface area contributed by atoms with Crippen LogP contribution in [0.25, 0.3) is 22.4 Å². The number of fused-ring (bicyclic) bond motifs is 1. The zero-order valence-electron chi connectivity index (χ0n) is 14.2. The van der Waals surface area contributed by atoms with Crippen LogP contribution in [0.1, 0.15) is 0 Å². The fourth-order valence-electron chi connectivity index (χ4n) is 2.46. The van der Waals surface area contributed by atoms with Gasteiger partial charge in [-0.25, -0.2) is 0 Å². The third kappa shape index (κ3) is 3.90. The molecular weight excluding hydrogens is 402 g/mol. The van der Waals surface area contributed by atoms with Crippen molar-refractivity contribution in [3.05, 3.63) is 53.6 Å². The molecule has 0 bridgehead atoms. The number of azo groups is 1. The molecule has 2 aromatic carbocycles. The van der Waals surface area contributed by atoms with Gasteiger partial charge in [0.05, 0.1) is 11.3 Å². The Kier molecular flexibility index (Phi) is 5.09. The number of carbonyl (C=O) groups excluding carboxylic acids is 1. The summed E-state index contributed by atoms with van der Waals surface area (Å²) in [6, 6.07) is 14.3. The highest BCUT2D eigenvalue weighted by Crippen LogP contribution is 2.36. The average molecular weight is 414 g/mol. The number of aromatic amines is 1. The lowest BCUT2D eigenvalue weighted by molar-refractivity contribution is -0.115. The van der Waals surface area contributed by atoms with E-state index in [0.29, 0.717) is 21.8 Å². The lowest BCUT2D eigenvalue weighted by Gasteiger charge is -1.94. The number of H-pyrrole nitrogens is 1. The molecule has 0 aliphatic rings.